The number of ether oxygens (including phenoxy) is 2. The lowest BCUT2D eigenvalue weighted by Gasteiger charge is -2.08. The highest BCUT2D eigenvalue weighted by atomic mass is 32.1. The molecule has 0 unspecified atom stereocenters. The van der Waals surface area contributed by atoms with Crippen molar-refractivity contribution in [2.45, 2.75) is 20.0 Å². The van der Waals surface area contributed by atoms with Gasteiger partial charge in [0, 0.05) is 6.42 Å². The number of amides is 1. The molecule has 2 aromatic rings. The van der Waals surface area contributed by atoms with Gasteiger partial charge in [0.15, 0.2) is 11.7 Å². The number of rotatable bonds is 4. The molecule has 3 rings (SSSR count). The summed E-state index contributed by atoms with van der Waals surface area (Å²) in [5.74, 6) is 0.518. The molecule has 0 saturated heterocycles. The zero-order valence-corrected chi connectivity index (χ0v) is 12.5. The molecule has 110 valence electrons. The van der Waals surface area contributed by atoms with Crippen LogP contribution < -0.4 is 10.1 Å². The molecule has 0 aliphatic carbocycles. The highest BCUT2D eigenvalue weighted by molar-refractivity contribution is 7.15. The van der Waals surface area contributed by atoms with Gasteiger partial charge in [-0.2, -0.15) is 0 Å². The molecule has 1 aromatic heterocycles. The maximum Gasteiger partial charge on any atom is 0.264 e. The number of nitrogens with one attached hydrogen (secondary N) is 1. The maximum atomic E-state index is 11.9. The van der Waals surface area contributed by atoms with Crippen LogP contribution in [0, 0.1) is 6.92 Å². The van der Waals surface area contributed by atoms with E-state index in [0.29, 0.717) is 18.3 Å². The lowest BCUT2D eigenvalue weighted by atomic mass is 10.2. The largest absolute Gasteiger partial charge is 0.483 e. The summed E-state index contributed by atoms with van der Waals surface area (Å²) < 4.78 is 10.9. The van der Waals surface area contributed by atoms with E-state index >= 15 is 0 Å². The monoisotopic (exact) mass is 304 g/mol. The third kappa shape index (κ3) is 3.40. The minimum absolute atomic E-state index is 0.0222. The molecule has 1 aromatic carbocycles. The number of hydrogen-bond acceptors (Lipinski definition) is 5. The van der Waals surface area contributed by atoms with E-state index < -0.39 is 0 Å². The number of fused-ring (bicyclic) bond motifs is 1. The second-order valence-electron chi connectivity index (χ2n) is 4.79. The van der Waals surface area contributed by atoms with Gasteiger partial charge in [-0.3, -0.25) is 10.1 Å². The van der Waals surface area contributed by atoms with Crippen LogP contribution in [0.15, 0.2) is 24.3 Å². The second-order valence-corrected chi connectivity index (χ2v) is 5.88. The van der Waals surface area contributed by atoms with Crippen molar-refractivity contribution in [3.8, 4) is 5.75 Å². The number of nitrogens with zero attached hydrogens (tertiary/aromatic N) is 1. The summed E-state index contributed by atoms with van der Waals surface area (Å²) in [6.45, 7) is 3.21. The second kappa shape index (κ2) is 6.24. The Morgan fingerprint density at radius 3 is 3.14 bits per heavy atom. The van der Waals surface area contributed by atoms with Crippen molar-refractivity contribution in [1.82, 2.24) is 4.98 Å². The van der Waals surface area contributed by atoms with E-state index in [9.17, 15) is 4.79 Å². The predicted octanol–water partition coefficient (Wildman–Crippen LogP) is 2.54. The first-order valence-electron chi connectivity index (χ1n) is 6.77. The molecule has 0 fully saturated rings. The molecule has 0 spiro atoms. The molecular weight excluding hydrogens is 288 g/mol. The molecule has 1 N–H and O–H groups in total. The first kappa shape index (κ1) is 14.0. The number of hydrogen-bond donors (Lipinski definition) is 1. The van der Waals surface area contributed by atoms with Crippen LogP contribution in [0.5, 0.6) is 5.75 Å². The molecule has 1 aliphatic heterocycles. The van der Waals surface area contributed by atoms with Crippen molar-refractivity contribution in [2.24, 2.45) is 0 Å². The average molecular weight is 304 g/mol. The third-order valence-corrected chi connectivity index (χ3v) is 4.18. The summed E-state index contributed by atoms with van der Waals surface area (Å²) in [5.41, 5.74) is 2.04. The molecular formula is C15H16N2O3S. The summed E-state index contributed by atoms with van der Waals surface area (Å²) in [5, 5.41) is 3.39. The van der Waals surface area contributed by atoms with Crippen LogP contribution in [-0.4, -0.2) is 24.1 Å². The maximum absolute atomic E-state index is 11.9. The highest BCUT2D eigenvalue weighted by Gasteiger charge is 2.16. The summed E-state index contributed by atoms with van der Waals surface area (Å²) >= 11 is 1.46. The van der Waals surface area contributed by atoms with Gasteiger partial charge in [-0.05, 0) is 18.6 Å². The smallest absolute Gasteiger partial charge is 0.264 e. The molecule has 0 radical (unpaired) electrons. The van der Waals surface area contributed by atoms with E-state index in [2.05, 4.69) is 10.3 Å². The van der Waals surface area contributed by atoms with Crippen molar-refractivity contribution in [2.75, 3.05) is 18.5 Å². The van der Waals surface area contributed by atoms with Crippen LogP contribution in [0.2, 0.25) is 0 Å². The van der Waals surface area contributed by atoms with Crippen LogP contribution in [-0.2, 0) is 22.6 Å². The molecule has 6 heteroatoms. The number of carbonyl (C=O) groups excluding carboxylic acids is 1. The van der Waals surface area contributed by atoms with Crippen molar-refractivity contribution in [3.05, 3.63) is 40.4 Å². The minimum atomic E-state index is -0.203. The quantitative estimate of drug-likeness (QED) is 0.943. The molecule has 1 aliphatic rings. The van der Waals surface area contributed by atoms with Crippen molar-refractivity contribution < 1.29 is 14.3 Å². The van der Waals surface area contributed by atoms with Crippen molar-refractivity contribution in [1.29, 1.82) is 0 Å². The van der Waals surface area contributed by atoms with Gasteiger partial charge >= 0.3 is 0 Å². The molecule has 21 heavy (non-hydrogen) atoms. The van der Waals surface area contributed by atoms with Crippen molar-refractivity contribution >= 4 is 22.4 Å². The van der Waals surface area contributed by atoms with Gasteiger partial charge in [-0.25, -0.2) is 4.98 Å². The van der Waals surface area contributed by atoms with E-state index in [4.69, 9.17) is 9.47 Å². The van der Waals surface area contributed by atoms with Crippen LogP contribution in [0.25, 0.3) is 0 Å². The Labute approximate surface area is 126 Å². The fourth-order valence-electron chi connectivity index (χ4n) is 2.10. The summed E-state index contributed by atoms with van der Waals surface area (Å²) in [6.07, 6.45) is 0.807. The van der Waals surface area contributed by atoms with Crippen LogP contribution in [0.1, 0.15) is 16.1 Å². The van der Waals surface area contributed by atoms with Crippen LogP contribution >= 0.6 is 11.3 Å². The Hall–Kier alpha value is -1.92. The minimum Gasteiger partial charge on any atom is -0.483 e. The van der Waals surface area contributed by atoms with E-state index in [0.717, 1.165) is 28.3 Å². The SMILES string of the molecule is Cc1ccccc1OCC(=O)Nc1nc2c(s1)COCC2. The topological polar surface area (TPSA) is 60.5 Å². The molecule has 0 bridgehead atoms. The molecule has 2 heterocycles. The number of carbonyl (C=O) groups is 1. The predicted molar refractivity (Wildman–Crippen MR) is 80.8 cm³/mol. The Bertz CT molecular complexity index is 631. The van der Waals surface area contributed by atoms with Gasteiger partial charge in [-0.1, -0.05) is 29.5 Å². The summed E-state index contributed by atoms with van der Waals surface area (Å²) in [4.78, 5) is 17.4. The number of aryl methyl sites for hydroxylation is 1. The Morgan fingerprint density at radius 1 is 1.48 bits per heavy atom. The molecule has 1 amide bonds. The number of anilines is 1. The highest BCUT2D eigenvalue weighted by Crippen LogP contribution is 2.27. The Balaban J connectivity index is 1.57. The Kier molecular flexibility index (Phi) is 4.17. The van der Waals surface area contributed by atoms with Crippen LogP contribution in [0.4, 0.5) is 5.13 Å². The number of benzene rings is 1. The van der Waals surface area contributed by atoms with E-state index in [1.54, 1.807) is 0 Å². The lowest BCUT2D eigenvalue weighted by Crippen LogP contribution is -2.20. The van der Waals surface area contributed by atoms with E-state index in [-0.39, 0.29) is 12.5 Å². The lowest BCUT2D eigenvalue weighted by molar-refractivity contribution is -0.118. The first-order chi connectivity index (χ1) is 10.2. The molecule has 0 atom stereocenters. The van der Waals surface area contributed by atoms with Gasteiger partial charge in [0.1, 0.15) is 5.75 Å². The molecule has 5 nitrogen and oxygen atoms in total. The number of para-hydroxylation sites is 1. The van der Waals surface area contributed by atoms with Gasteiger partial charge in [0.2, 0.25) is 0 Å². The first-order valence-corrected chi connectivity index (χ1v) is 7.58. The summed E-state index contributed by atoms with van der Waals surface area (Å²) in [7, 11) is 0. The normalized spacial score (nSPS) is 13.6. The standard InChI is InChI=1S/C15H16N2O3S/c1-10-4-2-3-5-12(10)20-9-14(18)17-15-16-11-6-7-19-8-13(11)21-15/h2-5H,6-9H2,1H3,(H,16,17,18). The van der Waals surface area contributed by atoms with Crippen molar-refractivity contribution in [3.63, 3.8) is 0 Å². The summed E-state index contributed by atoms with van der Waals surface area (Å²) in [6, 6.07) is 7.61. The zero-order valence-electron chi connectivity index (χ0n) is 11.7. The zero-order chi connectivity index (χ0) is 14.7. The van der Waals surface area contributed by atoms with Gasteiger partial charge in [0.25, 0.3) is 5.91 Å². The fourth-order valence-corrected chi connectivity index (χ4v) is 3.06. The van der Waals surface area contributed by atoms with Crippen LogP contribution in [0.3, 0.4) is 0 Å². The number of thiazole rings is 1. The number of aromatic nitrogens is 1. The van der Waals surface area contributed by atoms with E-state index in [1.165, 1.54) is 11.3 Å². The Morgan fingerprint density at radius 2 is 2.33 bits per heavy atom. The third-order valence-electron chi connectivity index (χ3n) is 3.19. The van der Waals surface area contributed by atoms with Gasteiger partial charge in [0.05, 0.1) is 23.8 Å². The average Bonchev–Trinajstić information content (AvgIpc) is 2.88. The van der Waals surface area contributed by atoms with Gasteiger partial charge in [-0.15, -0.1) is 0 Å². The fraction of sp³-hybridized carbons (Fsp3) is 0.333. The van der Waals surface area contributed by atoms with E-state index in [1.807, 2.05) is 31.2 Å². The molecule has 0 saturated carbocycles. The van der Waals surface area contributed by atoms with Gasteiger partial charge < -0.3 is 9.47 Å².